The average molecular weight is 220 g/mol. The van der Waals surface area contributed by atoms with Gasteiger partial charge in [-0.3, -0.25) is 0 Å². The molecule has 0 amide bonds. The van der Waals surface area contributed by atoms with Gasteiger partial charge in [0, 0.05) is 0 Å². The summed E-state index contributed by atoms with van der Waals surface area (Å²) < 4.78 is 11.1. The Hall–Kier alpha value is -1.18. The monoisotopic (exact) mass is 220 g/mol. The molecule has 0 radical (unpaired) electrons. The predicted molar refractivity (Wildman–Crippen MR) is 65.1 cm³/mol. The fourth-order valence-electron chi connectivity index (χ4n) is 1.82. The van der Waals surface area contributed by atoms with Gasteiger partial charge in [-0.05, 0) is 36.0 Å². The zero-order valence-electron chi connectivity index (χ0n) is 10.3. The molecule has 1 unspecified atom stereocenters. The van der Waals surface area contributed by atoms with Gasteiger partial charge < -0.3 is 9.47 Å². The van der Waals surface area contributed by atoms with Crippen LogP contribution in [-0.4, -0.2) is 13.2 Å². The molecule has 0 fully saturated rings. The van der Waals surface area contributed by atoms with Crippen LogP contribution in [0.4, 0.5) is 0 Å². The Morgan fingerprint density at radius 3 is 2.44 bits per heavy atom. The fourth-order valence-corrected chi connectivity index (χ4v) is 1.82. The second-order valence-electron chi connectivity index (χ2n) is 4.90. The smallest absolute Gasteiger partial charge is 0.161 e. The first-order valence-corrected chi connectivity index (χ1v) is 6.05. The molecule has 2 nitrogen and oxygen atoms in total. The third-order valence-corrected chi connectivity index (χ3v) is 3.30. The van der Waals surface area contributed by atoms with E-state index in [9.17, 15) is 0 Å². The first-order valence-electron chi connectivity index (χ1n) is 6.05. The predicted octanol–water partition coefficient (Wildman–Crippen LogP) is 3.29. The summed E-state index contributed by atoms with van der Waals surface area (Å²) in [5.74, 6) is 3.20. The van der Waals surface area contributed by atoms with Crippen molar-refractivity contribution in [2.45, 2.75) is 27.2 Å². The fraction of sp³-hybridized carbons (Fsp3) is 0.571. The van der Waals surface area contributed by atoms with Crippen LogP contribution >= 0.6 is 0 Å². The molecule has 0 saturated heterocycles. The molecule has 0 spiro atoms. The molecule has 1 aromatic carbocycles. The minimum Gasteiger partial charge on any atom is -0.486 e. The van der Waals surface area contributed by atoms with E-state index in [4.69, 9.17) is 9.47 Å². The van der Waals surface area contributed by atoms with Crippen molar-refractivity contribution in [2.24, 2.45) is 11.8 Å². The molecule has 2 heteroatoms. The average Bonchev–Trinajstić information content (AvgIpc) is 2.28. The maximum Gasteiger partial charge on any atom is 0.161 e. The number of benzene rings is 1. The van der Waals surface area contributed by atoms with Crippen LogP contribution in [0, 0.1) is 11.8 Å². The highest BCUT2D eigenvalue weighted by Gasteiger charge is 2.13. The zero-order valence-corrected chi connectivity index (χ0v) is 10.3. The lowest BCUT2D eigenvalue weighted by Crippen LogP contribution is -2.15. The Labute approximate surface area is 97.6 Å². The lowest BCUT2D eigenvalue weighted by Gasteiger charge is -2.20. The van der Waals surface area contributed by atoms with E-state index < -0.39 is 0 Å². The summed E-state index contributed by atoms with van der Waals surface area (Å²) >= 11 is 0. The topological polar surface area (TPSA) is 18.5 Å². The normalized spacial score (nSPS) is 16.2. The summed E-state index contributed by atoms with van der Waals surface area (Å²) in [6.07, 6.45) is 1.11. The van der Waals surface area contributed by atoms with E-state index in [-0.39, 0.29) is 0 Å². The molecule has 1 aliphatic rings. The van der Waals surface area contributed by atoms with Gasteiger partial charge in [-0.2, -0.15) is 0 Å². The van der Waals surface area contributed by atoms with Gasteiger partial charge in [0.2, 0.25) is 0 Å². The molecular weight excluding hydrogens is 200 g/mol. The largest absolute Gasteiger partial charge is 0.486 e. The molecular formula is C14H20O2. The van der Waals surface area contributed by atoms with Crippen molar-refractivity contribution in [3.8, 4) is 11.5 Å². The Morgan fingerprint density at radius 2 is 1.75 bits per heavy atom. The maximum atomic E-state index is 5.58. The van der Waals surface area contributed by atoms with Gasteiger partial charge >= 0.3 is 0 Å². The van der Waals surface area contributed by atoms with Crippen molar-refractivity contribution < 1.29 is 9.47 Å². The number of ether oxygens (including phenoxy) is 2. The van der Waals surface area contributed by atoms with E-state index in [2.05, 4.69) is 32.9 Å². The molecule has 1 aliphatic heterocycles. The van der Waals surface area contributed by atoms with Crippen LogP contribution in [0.1, 0.15) is 26.3 Å². The SMILES string of the molecule is CC(C)C(C)Cc1ccc2c(c1)OCCO2. The highest BCUT2D eigenvalue weighted by atomic mass is 16.6. The van der Waals surface area contributed by atoms with Crippen molar-refractivity contribution in [1.82, 2.24) is 0 Å². The lowest BCUT2D eigenvalue weighted by atomic mass is 9.91. The van der Waals surface area contributed by atoms with Gasteiger partial charge in [-0.15, -0.1) is 0 Å². The summed E-state index contributed by atoms with van der Waals surface area (Å²) in [6.45, 7) is 8.15. The molecule has 1 heterocycles. The summed E-state index contributed by atoms with van der Waals surface area (Å²) in [5, 5.41) is 0. The lowest BCUT2D eigenvalue weighted by molar-refractivity contribution is 0.171. The first-order chi connectivity index (χ1) is 7.66. The van der Waals surface area contributed by atoms with E-state index in [1.165, 1.54) is 5.56 Å². The maximum absolute atomic E-state index is 5.58. The highest BCUT2D eigenvalue weighted by Crippen LogP contribution is 2.31. The van der Waals surface area contributed by atoms with Crippen LogP contribution < -0.4 is 9.47 Å². The molecule has 0 N–H and O–H groups in total. The molecule has 16 heavy (non-hydrogen) atoms. The number of fused-ring (bicyclic) bond motifs is 1. The van der Waals surface area contributed by atoms with Crippen molar-refractivity contribution in [3.05, 3.63) is 23.8 Å². The molecule has 2 rings (SSSR count). The van der Waals surface area contributed by atoms with Crippen LogP contribution in [-0.2, 0) is 6.42 Å². The molecule has 0 bridgehead atoms. The highest BCUT2D eigenvalue weighted by molar-refractivity contribution is 5.43. The van der Waals surface area contributed by atoms with Gasteiger partial charge in [-0.25, -0.2) is 0 Å². The van der Waals surface area contributed by atoms with Crippen LogP contribution in [0.25, 0.3) is 0 Å². The van der Waals surface area contributed by atoms with Crippen LogP contribution in [0.15, 0.2) is 18.2 Å². The van der Waals surface area contributed by atoms with E-state index in [1.54, 1.807) is 0 Å². The number of hydrogen-bond acceptors (Lipinski definition) is 2. The quantitative estimate of drug-likeness (QED) is 0.778. The third kappa shape index (κ3) is 2.49. The summed E-state index contributed by atoms with van der Waals surface area (Å²) in [4.78, 5) is 0. The van der Waals surface area contributed by atoms with E-state index in [0.29, 0.717) is 25.0 Å². The Bertz CT molecular complexity index is 358. The first kappa shape index (κ1) is 11.3. The number of rotatable bonds is 3. The van der Waals surface area contributed by atoms with E-state index in [1.807, 2.05) is 6.07 Å². The van der Waals surface area contributed by atoms with Crippen molar-refractivity contribution in [2.75, 3.05) is 13.2 Å². The molecule has 0 aliphatic carbocycles. The van der Waals surface area contributed by atoms with Gasteiger partial charge in [0.05, 0.1) is 0 Å². The summed E-state index contributed by atoms with van der Waals surface area (Å²) in [7, 11) is 0. The Kier molecular flexibility index (Phi) is 3.37. The Morgan fingerprint density at radius 1 is 1.06 bits per heavy atom. The van der Waals surface area contributed by atoms with Crippen LogP contribution in [0.5, 0.6) is 11.5 Å². The standard InChI is InChI=1S/C14H20O2/c1-10(2)11(3)8-12-4-5-13-14(9-12)16-7-6-15-13/h4-5,9-11H,6-8H2,1-3H3. The molecule has 88 valence electrons. The van der Waals surface area contributed by atoms with E-state index in [0.717, 1.165) is 17.9 Å². The molecule has 0 saturated carbocycles. The zero-order chi connectivity index (χ0) is 11.5. The van der Waals surface area contributed by atoms with Crippen LogP contribution in [0.3, 0.4) is 0 Å². The molecule has 1 aromatic rings. The van der Waals surface area contributed by atoms with Crippen molar-refractivity contribution >= 4 is 0 Å². The number of hydrogen-bond donors (Lipinski definition) is 0. The summed E-state index contributed by atoms with van der Waals surface area (Å²) in [6, 6.07) is 6.29. The second-order valence-corrected chi connectivity index (χ2v) is 4.90. The molecule has 1 atom stereocenters. The van der Waals surface area contributed by atoms with Crippen LogP contribution in [0.2, 0.25) is 0 Å². The van der Waals surface area contributed by atoms with Gasteiger partial charge in [-0.1, -0.05) is 26.8 Å². The minimum absolute atomic E-state index is 0.661. The van der Waals surface area contributed by atoms with Gasteiger partial charge in [0.25, 0.3) is 0 Å². The second kappa shape index (κ2) is 4.77. The summed E-state index contributed by atoms with van der Waals surface area (Å²) in [5.41, 5.74) is 1.34. The van der Waals surface area contributed by atoms with Gasteiger partial charge in [0.15, 0.2) is 11.5 Å². The van der Waals surface area contributed by atoms with Crippen molar-refractivity contribution in [1.29, 1.82) is 0 Å². The third-order valence-electron chi connectivity index (χ3n) is 3.30. The Balaban J connectivity index is 2.11. The molecule has 0 aromatic heterocycles. The van der Waals surface area contributed by atoms with Gasteiger partial charge in [0.1, 0.15) is 13.2 Å². The minimum atomic E-state index is 0.661. The van der Waals surface area contributed by atoms with Crippen molar-refractivity contribution in [3.63, 3.8) is 0 Å². The van der Waals surface area contributed by atoms with E-state index >= 15 is 0 Å².